The zero-order valence-electron chi connectivity index (χ0n) is 8.96. The zero-order chi connectivity index (χ0) is 10.1. The van der Waals surface area contributed by atoms with Crippen LogP contribution in [0.25, 0.3) is 0 Å². The second-order valence-electron chi connectivity index (χ2n) is 4.36. The van der Waals surface area contributed by atoms with E-state index in [2.05, 4.69) is 25.9 Å². The Balaban J connectivity index is 2.80. The fourth-order valence-electron chi connectivity index (χ4n) is 1.14. The van der Waals surface area contributed by atoms with Crippen LogP contribution in [0, 0.1) is 12.3 Å². The van der Waals surface area contributed by atoms with Gasteiger partial charge in [-0.25, -0.2) is 0 Å². The van der Waals surface area contributed by atoms with Crippen molar-refractivity contribution >= 4 is 5.69 Å². The summed E-state index contributed by atoms with van der Waals surface area (Å²) < 4.78 is 1.98. The normalized spacial score (nSPS) is 12.0. The van der Waals surface area contributed by atoms with Crippen LogP contribution in [0.5, 0.6) is 0 Å². The van der Waals surface area contributed by atoms with Crippen LogP contribution >= 0.6 is 0 Å². The van der Waals surface area contributed by atoms with E-state index in [1.54, 1.807) is 6.20 Å². The molecular formula is C10H19N3. The van der Waals surface area contributed by atoms with Gasteiger partial charge in [-0.2, -0.15) is 5.10 Å². The minimum atomic E-state index is 0.295. The largest absolute Gasteiger partial charge is 0.396 e. The van der Waals surface area contributed by atoms with Crippen LogP contribution in [0.4, 0.5) is 5.69 Å². The number of nitrogens with zero attached hydrogens (tertiary/aromatic N) is 2. The lowest BCUT2D eigenvalue weighted by Crippen LogP contribution is -2.20. The summed E-state index contributed by atoms with van der Waals surface area (Å²) in [6.45, 7) is 9.62. The number of nitrogen functional groups attached to an aromatic ring is 1. The average molecular weight is 181 g/mol. The molecule has 0 atom stereocenters. The molecule has 1 aromatic rings. The van der Waals surface area contributed by atoms with Crippen LogP contribution in [0.1, 0.15) is 32.9 Å². The second-order valence-corrected chi connectivity index (χ2v) is 4.36. The highest BCUT2D eigenvalue weighted by molar-refractivity contribution is 5.39. The number of hydrogen-bond acceptors (Lipinski definition) is 2. The third kappa shape index (κ3) is 2.23. The van der Waals surface area contributed by atoms with Crippen LogP contribution in [-0.4, -0.2) is 9.78 Å². The molecule has 0 saturated heterocycles. The van der Waals surface area contributed by atoms with E-state index in [1.165, 1.54) is 0 Å². The summed E-state index contributed by atoms with van der Waals surface area (Å²) in [5, 5.41) is 4.24. The fraction of sp³-hybridized carbons (Fsp3) is 0.700. The third-order valence-corrected chi connectivity index (χ3v) is 2.68. The van der Waals surface area contributed by atoms with E-state index in [4.69, 9.17) is 5.73 Å². The van der Waals surface area contributed by atoms with Gasteiger partial charge < -0.3 is 5.73 Å². The minimum Gasteiger partial charge on any atom is -0.396 e. The first kappa shape index (κ1) is 10.1. The van der Waals surface area contributed by atoms with Gasteiger partial charge in [0.15, 0.2) is 0 Å². The summed E-state index contributed by atoms with van der Waals surface area (Å²) >= 11 is 0. The quantitative estimate of drug-likeness (QED) is 0.777. The van der Waals surface area contributed by atoms with Gasteiger partial charge in [-0.1, -0.05) is 20.8 Å². The van der Waals surface area contributed by atoms with Crippen molar-refractivity contribution in [1.29, 1.82) is 0 Å². The second kappa shape index (κ2) is 3.40. The molecule has 0 fully saturated rings. The van der Waals surface area contributed by atoms with Crippen molar-refractivity contribution in [2.24, 2.45) is 5.41 Å². The molecule has 74 valence electrons. The molecule has 0 radical (unpaired) electrons. The van der Waals surface area contributed by atoms with Crippen molar-refractivity contribution in [3.05, 3.63) is 11.9 Å². The van der Waals surface area contributed by atoms with E-state index >= 15 is 0 Å². The molecule has 0 spiro atoms. The van der Waals surface area contributed by atoms with E-state index in [9.17, 15) is 0 Å². The Morgan fingerprint density at radius 3 is 2.54 bits per heavy atom. The Hall–Kier alpha value is -0.990. The van der Waals surface area contributed by atoms with E-state index < -0.39 is 0 Å². The Kier molecular flexibility index (Phi) is 2.64. The maximum atomic E-state index is 5.72. The van der Waals surface area contributed by atoms with Gasteiger partial charge >= 0.3 is 0 Å². The van der Waals surface area contributed by atoms with Crippen LogP contribution in [0.15, 0.2) is 6.20 Å². The van der Waals surface area contributed by atoms with Crippen LogP contribution < -0.4 is 5.73 Å². The predicted octanol–water partition coefficient (Wildman–Crippen LogP) is 2.21. The Bertz CT molecular complexity index is 286. The predicted molar refractivity (Wildman–Crippen MR) is 55.4 cm³/mol. The summed E-state index contributed by atoms with van der Waals surface area (Å²) in [6, 6.07) is 0. The summed E-state index contributed by atoms with van der Waals surface area (Å²) in [7, 11) is 0. The highest BCUT2D eigenvalue weighted by Gasteiger charge is 2.17. The molecule has 0 bridgehead atoms. The van der Waals surface area contributed by atoms with Crippen molar-refractivity contribution < 1.29 is 0 Å². The summed E-state index contributed by atoms with van der Waals surface area (Å²) in [5.41, 5.74) is 7.87. The molecular weight excluding hydrogens is 162 g/mol. The SMILES string of the molecule is CCC(C)(C)Cn1ncc(N)c1C. The van der Waals surface area contributed by atoms with Gasteiger partial charge in [0.05, 0.1) is 17.6 Å². The first-order valence-corrected chi connectivity index (χ1v) is 4.74. The zero-order valence-corrected chi connectivity index (χ0v) is 8.96. The highest BCUT2D eigenvalue weighted by atomic mass is 15.3. The van der Waals surface area contributed by atoms with Crippen molar-refractivity contribution in [3.63, 3.8) is 0 Å². The molecule has 0 aliphatic carbocycles. The minimum absolute atomic E-state index is 0.295. The van der Waals surface area contributed by atoms with Crippen LogP contribution in [-0.2, 0) is 6.54 Å². The monoisotopic (exact) mass is 181 g/mol. The van der Waals surface area contributed by atoms with Gasteiger partial charge in [-0.15, -0.1) is 0 Å². The molecule has 3 heteroatoms. The molecule has 2 N–H and O–H groups in total. The van der Waals surface area contributed by atoms with E-state index in [0.717, 1.165) is 24.3 Å². The number of nitrogens with two attached hydrogens (primary N) is 1. The number of aromatic nitrogens is 2. The number of rotatable bonds is 3. The Morgan fingerprint density at radius 1 is 1.54 bits per heavy atom. The van der Waals surface area contributed by atoms with Crippen LogP contribution in [0.2, 0.25) is 0 Å². The fourth-order valence-corrected chi connectivity index (χ4v) is 1.14. The highest BCUT2D eigenvalue weighted by Crippen LogP contribution is 2.23. The molecule has 3 nitrogen and oxygen atoms in total. The lowest BCUT2D eigenvalue weighted by molar-refractivity contribution is 0.277. The van der Waals surface area contributed by atoms with Crippen molar-refractivity contribution in [1.82, 2.24) is 9.78 Å². The van der Waals surface area contributed by atoms with E-state index in [-0.39, 0.29) is 0 Å². The van der Waals surface area contributed by atoms with E-state index in [1.807, 2.05) is 11.6 Å². The smallest absolute Gasteiger partial charge is 0.0730 e. The Labute approximate surface area is 79.9 Å². The van der Waals surface area contributed by atoms with Crippen LogP contribution in [0.3, 0.4) is 0 Å². The molecule has 0 amide bonds. The van der Waals surface area contributed by atoms with Gasteiger partial charge in [0.2, 0.25) is 0 Å². The average Bonchev–Trinajstić information content (AvgIpc) is 2.36. The lowest BCUT2D eigenvalue weighted by atomic mass is 9.90. The van der Waals surface area contributed by atoms with Crippen molar-refractivity contribution in [2.45, 2.75) is 40.7 Å². The standard InChI is InChI=1S/C10H19N3/c1-5-10(3,4)7-13-8(2)9(11)6-12-13/h6H,5,7,11H2,1-4H3. The molecule has 0 aliphatic heterocycles. The van der Waals surface area contributed by atoms with E-state index in [0.29, 0.717) is 5.41 Å². The maximum Gasteiger partial charge on any atom is 0.0730 e. The maximum absolute atomic E-state index is 5.72. The molecule has 0 saturated carbocycles. The molecule has 13 heavy (non-hydrogen) atoms. The molecule has 0 aromatic carbocycles. The topological polar surface area (TPSA) is 43.8 Å². The molecule has 1 aromatic heterocycles. The first-order chi connectivity index (χ1) is 5.96. The lowest BCUT2D eigenvalue weighted by Gasteiger charge is -2.23. The molecule has 0 aliphatic rings. The van der Waals surface area contributed by atoms with Gasteiger partial charge in [0.1, 0.15) is 0 Å². The summed E-state index contributed by atoms with van der Waals surface area (Å²) in [5.74, 6) is 0. The number of anilines is 1. The molecule has 1 rings (SSSR count). The number of hydrogen-bond donors (Lipinski definition) is 1. The van der Waals surface area contributed by atoms with Gasteiger partial charge in [0, 0.05) is 6.54 Å². The third-order valence-electron chi connectivity index (χ3n) is 2.68. The van der Waals surface area contributed by atoms with Crippen molar-refractivity contribution in [2.75, 3.05) is 5.73 Å². The summed E-state index contributed by atoms with van der Waals surface area (Å²) in [4.78, 5) is 0. The first-order valence-electron chi connectivity index (χ1n) is 4.74. The Morgan fingerprint density at radius 2 is 2.15 bits per heavy atom. The molecule has 1 heterocycles. The summed E-state index contributed by atoms with van der Waals surface area (Å²) in [6.07, 6.45) is 2.87. The molecule has 0 unspecified atom stereocenters. The van der Waals surface area contributed by atoms with Gasteiger partial charge in [-0.3, -0.25) is 4.68 Å². The van der Waals surface area contributed by atoms with Gasteiger partial charge in [-0.05, 0) is 18.8 Å². The van der Waals surface area contributed by atoms with Gasteiger partial charge in [0.25, 0.3) is 0 Å². The van der Waals surface area contributed by atoms with Crippen molar-refractivity contribution in [3.8, 4) is 0 Å².